The van der Waals surface area contributed by atoms with Crippen molar-refractivity contribution in [3.05, 3.63) is 35.1 Å². The Morgan fingerprint density at radius 3 is 2.94 bits per heavy atom. The van der Waals surface area contributed by atoms with Gasteiger partial charge in [-0.25, -0.2) is 4.98 Å². The second-order valence-corrected chi connectivity index (χ2v) is 4.89. The lowest BCUT2D eigenvalue weighted by Gasteiger charge is -2.01. The molecule has 1 aliphatic carbocycles. The van der Waals surface area contributed by atoms with E-state index in [1.54, 1.807) is 11.3 Å². The SMILES string of the molecule is O=C(O)[C@H]1CCc2sc(-n3cccc3)nc21. The zero-order valence-corrected chi connectivity index (χ0v) is 9.28. The van der Waals surface area contributed by atoms with Crippen LogP contribution >= 0.6 is 11.3 Å². The highest BCUT2D eigenvalue weighted by molar-refractivity contribution is 7.14. The molecule has 1 N–H and O–H groups in total. The first-order valence-corrected chi connectivity index (χ1v) is 5.93. The zero-order valence-electron chi connectivity index (χ0n) is 8.46. The van der Waals surface area contributed by atoms with E-state index in [-0.39, 0.29) is 0 Å². The third-order valence-corrected chi connectivity index (χ3v) is 3.97. The van der Waals surface area contributed by atoms with Gasteiger partial charge in [0.25, 0.3) is 0 Å². The molecular formula is C11H10N2O2S. The van der Waals surface area contributed by atoms with Gasteiger partial charge >= 0.3 is 5.97 Å². The number of fused-ring (bicyclic) bond motifs is 1. The third kappa shape index (κ3) is 1.36. The first kappa shape index (κ1) is 9.59. The molecular weight excluding hydrogens is 224 g/mol. The van der Waals surface area contributed by atoms with Crippen LogP contribution in [0.4, 0.5) is 0 Å². The number of aryl methyl sites for hydroxylation is 1. The van der Waals surface area contributed by atoms with Crippen molar-refractivity contribution in [2.24, 2.45) is 0 Å². The van der Waals surface area contributed by atoms with Crippen molar-refractivity contribution in [1.29, 1.82) is 0 Å². The largest absolute Gasteiger partial charge is 0.481 e. The predicted octanol–water partition coefficient (Wildman–Crippen LogP) is 2.05. The summed E-state index contributed by atoms with van der Waals surface area (Å²) in [5.41, 5.74) is 0.765. The quantitative estimate of drug-likeness (QED) is 0.865. The fourth-order valence-corrected chi connectivity index (χ4v) is 3.13. The number of carbonyl (C=O) groups is 1. The molecule has 0 saturated heterocycles. The number of carboxylic acids is 1. The second kappa shape index (κ2) is 3.45. The summed E-state index contributed by atoms with van der Waals surface area (Å²) in [6, 6.07) is 3.86. The van der Waals surface area contributed by atoms with E-state index >= 15 is 0 Å². The molecule has 3 rings (SSSR count). The summed E-state index contributed by atoms with van der Waals surface area (Å²) in [6.45, 7) is 0. The van der Waals surface area contributed by atoms with Crippen LogP contribution in [0.1, 0.15) is 22.9 Å². The van der Waals surface area contributed by atoms with Crippen LogP contribution in [0.3, 0.4) is 0 Å². The Labute approximate surface area is 96.2 Å². The van der Waals surface area contributed by atoms with Gasteiger partial charge in [-0.15, -0.1) is 11.3 Å². The number of hydrogen-bond donors (Lipinski definition) is 1. The lowest BCUT2D eigenvalue weighted by molar-refractivity contribution is -0.138. The van der Waals surface area contributed by atoms with Crippen LogP contribution in [-0.2, 0) is 11.2 Å². The van der Waals surface area contributed by atoms with Crippen LogP contribution in [-0.4, -0.2) is 20.6 Å². The summed E-state index contributed by atoms with van der Waals surface area (Å²) in [5, 5.41) is 9.92. The van der Waals surface area contributed by atoms with Gasteiger partial charge in [0.2, 0.25) is 0 Å². The summed E-state index contributed by atoms with van der Waals surface area (Å²) < 4.78 is 1.92. The average Bonchev–Trinajstić information content (AvgIpc) is 2.92. The van der Waals surface area contributed by atoms with Gasteiger partial charge in [0.05, 0.1) is 5.69 Å². The van der Waals surface area contributed by atoms with E-state index in [4.69, 9.17) is 5.11 Å². The first-order chi connectivity index (χ1) is 7.75. The van der Waals surface area contributed by atoms with Crippen molar-refractivity contribution >= 4 is 17.3 Å². The maximum Gasteiger partial charge on any atom is 0.312 e. The highest BCUT2D eigenvalue weighted by Crippen LogP contribution is 2.37. The van der Waals surface area contributed by atoms with Crippen molar-refractivity contribution in [3.8, 4) is 5.13 Å². The van der Waals surface area contributed by atoms with Crippen molar-refractivity contribution in [2.75, 3.05) is 0 Å². The Kier molecular flexibility index (Phi) is 2.07. The minimum absolute atomic E-state index is 0.407. The fourth-order valence-electron chi connectivity index (χ4n) is 2.03. The van der Waals surface area contributed by atoms with Gasteiger partial charge in [-0.05, 0) is 25.0 Å². The standard InChI is InChI=1S/C11H10N2O2S/c14-10(15)7-3-4-8-9(7)12-11(16-8)13-5-1-2-6-13/h1-2,5-7H,3-4H2,(H,14,15)/t7-/m0/s1. The second-order valence-electron chi connectivity index (χ2n) is 3.82. The van der Waals surface area contributed by atoms with Crippen molar-refractivity contribution < 1.29 is 9.90 Å². The number of aromatic nitrogens is 2. The Morgan fingerprint density at radius 2 is 2.25 bits per heavy atom. The molecule has 0 bridgehead atoms. The molecule has 2 heterocycles. The van der Waals surface area contributed by atoms with Crippen LogP contribution in [0, 0.1) is 0 Å². The van der Waals surface area contributed by atoms with Crippen LogP contribution in [0.5, 0.6) is 0 Å². The Hall–Kier alpha value is -1.62. The smallest absolute Gasteiger partial charge is 0.312 e. The molecule has 0 aromatic carbocycles. The molecule has 2 aromatic rings. The molecule has 0 amide bonds. The lowest BCUT2D eigenvalue weighted by Crippen LogP contribution is -2.08. The van der Waals surface area contributed by atoms with E-state index < -0.39 is 11.9 Å². The monoisotopic (exact) mass is 234 g/mol. The van der Waals surface area contributed by atoms with Crippen LogP contribution in [0.15, 0.2) is 24.5 Å². The Balaban J connectivity index is 2.02. The third-order valence-electron chi connectivity index (χ3n) is 2.83. The van der Waals surface area contributed by atoms with E-state index in [0.717, 1.165) is 22.1 Å². The lowest BCUT2D eigenvalue weighted by atomic mass is 10.1. The molecule has 2 aromatic heterocycles. The molecule has 0 radical (unpaired) electrons. The van der Waals surface area contributed by atoms with E-state index in [2.05, 4.69) is 4.98 Å². The first-order valence-electron chi connectivity index (χ1n) is 5.11. The molecule has 0 spiro atoms. The maximum absolute atomic E-state index is 11.0. The number of rotatable bonds is 2. The van der Waals surface area contributed by atoms with Crippen molar-refractivity contribution in [2.45, 2.75) is 18.8 Å². The minimum atomic E-state index is -0.761. The van der Waals surface area contributed by atoms with Gasteiger partial charge in [0.1, 0.15) is 5.92 Å². The number of carboxylic acid groups (broad SMARTS) is 1. The maximum atomic E-state index is 11.0. The minimum Gasteiger partial charge on any atom is -0.481 e. The van der Waals surface area contributed by atoms with Gasteiger partial charge in [0.15, 0.2) is 5.13 Å². The summed E-state index contributed by atoms with van der Waals surface area (Å²) in [7, 11) is 0. The zero-order chi connectivity index (χ0) is 11.1. The normalized spacial score (nSPS) is 18.6. The average molecular weight is 234 g/mol. The molecule has 0 aliphatic heterocycles. The fraction of sp³-hybridized carbons (Fsp3) is 0.273. The van der Waals surface area contributed by atoms with Crippen LogP contribution < -0.4 is 0 Å². The van der Waals surface area contributed by atoms with E-state index in [1.807, 2.05) is 29.1 Å². The van der Waals surface area contributed by atoms with Gasteiger partial charge in [-0.3, -0.25) is 4.79 Å². The highest BCUT2D eigenvalue weighted by atomic mass is 32.1. The number of hydrogen-bond acceptors (Lipinski definition) is 3. The molecule has 0 unspecified atom stereocenters. The van der Waals surface area contributed by atoms with Gasteiger partial charge in [-0.1, -0.05) is 0 Å². The Morgan fingerprint density at radius 1 is 1.50 bits per heavy atom. The molecule has 82 valence electrons. The molecule has 4 nitrogen and oxygen atoms in total. The molecule has 0 fully saturated rings. The van der Waals surface area contributed by atoms with Gasteiger partial charge < -0.3 is 9.67 Å². The summed E-state index contributed by atoms with van der Waals surface area (Å²) in [5.74, 6) is -1.17. The highest BCUT2D eigenvalue weighted by Gasteiger charge is 2.32. The molecule has 0 saturated carbocycles. The predicted molar refractivity (Wildman–Crippen MR) is 60.1 cm³/mol. The number of aliphatic carboxylic acids is 1. The van der Waals surface area contributed by atoms with Gasteiger partial charge in [0, 0.05) is 17.3 Å². The summed E-state index contributed by atoms with van der Waals surface area (Å²) in [4.78, 5) is 16.6. The number of nitrogens with zero attached hydrogens (tertiary/aromatic N) is 2. The topological polar surface area (TPSA) is 55.1 Å². The van der Waals surface area contributed by atoms with Crippen LogP contribution in [0.25, 0.3) is 5.13 Å². The van der Waals surface area contributed by atoms with Crippen molar-refractivity contribution in [3.63, 3.8) is 0 Å². The molecule has 1 atom stereocenters. The Bertz CT molecular complexity index is 530. The van der Waals surface area contributed by atoms with E-state index in [1.165, 1.54) is 0 Å². The summed E-state index contributed by atoms with van der Waals surface area (Å²) >= 11 is 1.59. The molecule has 1 aliphatic rings. The number of thiazole rings is 1. The van der Waals surface area contributed by atoms with Crippen molar-refractivity contribution in [1.82, 2.24) is 9.55 Å². The molecule has 5 heteroatoms. The van der Waals surface area contributed by atoms with E-state index in [0.29, 0.717) is 6.42 Å². The van der Waals surface area contributed by atoms with Gasteiger partial charge in [-0.2, -0.15) is 0 Å². The molecule has 16 heavy (non-hydrogen) atoms. The van der Waals surface area contributed by atoms with Crippen LogP contribution in [0.2, 0.25) is 0 Å². The summed E-state index contributed by atoms with van der Waals surface area (Å²) in [6.07, 6.45) is 5.37. The van der Waals surface area contributed by atoms with E-state index in [9.17, 15) is 4.79 Å².